The van der Waals surface area contributed by atoms with E-state index in [1.807, 2.05) is 0 Å². The van der Waals surface area contributed by atoms with Crippen molar-refractivity contribution in [3.8, 4) is 0 Å². The summed E-state index contributed by atoms with van der Waals surface area (Å²) in [6.07, 6.45) is 20.0. The Labute approximate surface area is 260 Å². The van der Waals surface area contributed by atoms with Crippen LogP contribution in [0.5, 0.6) is 0 Å². The number of aromatic nitrogens is 4. The monoisotopic (exact) mass is 616 g/mol. The molecule has 42 heavy (non-hydrogen) atoms. The van der Waals surface area contributed by atoms with Crippen molar-refractivity contribution in [1.29, 1.82) is 0 Å². The average Bonchev–Trinajstić information content (AvgIpc) is 3.92. The van der Waals surface area contributed by atoms with E-state index < -0.39 is 0 Å². The van der Waals surface area contributed by atoms with Crippen molar-refractivity contribution >= 4 is 35.1 Å². The van der Waals surface area contributed by atoms with E-state index in [-0.39, 0.29) is 0 Å². The Morgan fingerprint density at radius 1 is 0.786 bits per heavy atom. The number of aliphatic hydroxyl groups excluding tert-OH is 1. The highest BCUT2D eigenvalue weighted by Crippen LogP contribution is 2.50. The fourth-order valence-corrected chi connectivity index (χ4v) is 7.09. The Morgan fingerprint density at radius 2 is 1.26 bits per heavy atom. The Hall–Kier alpha value is -2.00. The number of piperidine rings is 2. The van der Waals surface area contributed by atoms with Gasteiger partial charge in [0, 0.05) is 46.0 Å². The molecule has 0 aromatic carbocycles. The maximum absolute atomic E-state index is 8.97. The molecular formula is C32H46Cl2N6O2. The molecule has 2 aliphatic carbocycles. The molecule has 1 N–H and O–H groups in total. The molecule has 0 radical (unpaired) electrons. The van der Waals surface area contributed by atoms with Crippen LogP contribution in [0.1, 0.15) is 57.8 Å². The average molecular weight is 618 g/mol. The highest BCUT2D eigenvalue weighted by molar-refractivity contribution is 6.30. The molecule has 3 aliphatic heterocycles. The van der Waals surface area contributed by atoms with Crippen LogP contribution in [-0.2, 0) is 4.74 Å². The molecule has 8 nitrogen and oxygen atoms in total. The topological polar surface area (TPSA) is 87.5 Å². The Bertz CT molecular complexity index is 1080. The number of hydrogen-bond donors (Lipinski definition) is 1. The molecule has 2 aromatic heterocycles. The first-order chi connectivity index (χ1) is 20.6. The highest BCUT2D eigenvalue weighted by atomic mass is 35.5. The first-order valence-electron chi connectivity index (χ1n) is 15.8. The van der Waals surface area contributed by atoms with Gasteiger partial charge in [0.25, 0.3) is 0 Å². The molecule has 5 fully saturated rings. The van der Waals surface area contributed by atoms with Crippen molar-refractivity contribution in [2.45, 2.75) is 57.8 Å². The van der Waals surface area contributed by atoms with Gasteiger partial charge in [-0.05, 0) is 93.3 Å². The fraction of sp³-hybridized carbons (Fsp3) is 0.688. The fourth-order valence-electron chi connectivity index (χ4n) is 6.90. The number of halogens is 2. The SMILES string of the molecule is C1CCOC1.C=C[C@@H]1C[C@@H]1C1CCN(c2ncc(Cl)cn2)CC1.OCC[C@@H]1C[C@@H]1C1CCN(c2ncc(Cl)cn2)CC1. The number of anilines is 2. The van der Waals surface area contributed by atoms with E-state index in [0.29, 0.717) is 16.7 Å². The zero-order valence-corrected chi connectivity index (χ0v) is 26.2. The molecule has 2 aromatic rings. The molecule has 7 rings (SSSR count). The minimum Gasteiger partial charge on any atom is -0.396 e. The van der Waals surface area contributed by atoms with Crippen molar-refractivity contribution in [2.75, 3.05) is 55.8 Å². The number of nitrogens with zero attached hydrogens (tertiary/aromatic N) is 6. The van der Waals surface area contributed by atoms with Gasteiger partial charge in [-0.3, -0.25) is 0 Å². The molecule has 3 saturated heterocycles. The van der Waals surface area contributed by atoms with Crippen molar-refractivity contribution in [1.82, 2.24) is 19.9 Å². The quantitative estimate of drug-likeness (QED) is 0.361. The van der Waals surface area contributed by atoms with Crippen molar-refractivity contribution in [3.63, 3.8) is 0 Å². The minimum atomic E-state index is 0.346. The molecular weight excluding hydrogens is 571 g/mol. The summed E-state index contributed by atoms with van der Waals surface area (Å²) >= 11 is 11.6. The molecule has 10 heteroatoms. The lowest BCUT2D eigenvalue weighted by Gasteiger charge is -2.32. The summed E-state index contributed by atoms with van der Waals surface area (Å²) in [6.45, 7) is 10.4. The van der Waals surface area contributed by atoms with E-state index in [4.69, 9.17) is 33.0 Å². The molecule has 2 saturated carbocycles. The van der Waals surface area contributed by atoms with Gasteiger partial charge in [-0.2, -0.15) is 0 Å². The van der Waals surface area contributed by atoms with Gasteiger partial charge in [0.2, 0.25) is 11.9 Å². The van der Waals surface area contributed by atoms with E-state index in [1.165, 1.54) is 51.4 Å². The van der Waals surface area contributed by atoms with Crippen molar-refractivity contribution in [2.24, 2.45) is 35.5 Å². The number of allylic oxidation sites excluding steroid dienone is 1. The van der Waals surface area contributed by atoms with Gasteiger partial charge < -0.3 is 19.6 Å². The summed E-state index contributed by atoms with van der Waals surface area (Å²) in [7, 11) is 0. The number of hydrogen-bond acceptors (Lipinski definition) is 8. The molecule has 5 heterocycles. The van der Waals surface area contributed by atoms with Crippen LogP contribution in [0.4, 0.5) is 11.9 Å². The van der Waals surface area contributed by atoms with Crippen molar-refractivity contribution in [3.05, 3.63) is 47.5 Å². The predicted molar refractivity (Wildman–Crippen MR) is 169 cm³/mol. The molecule has 0 unspecified atom stereocenters. The summed E-state index contributed by atoms with van der Waals surface area (Å²) in [5.41, 5.74) is 0. The zero-order valence-electron chi connectivity index (χ0n) is 24.7. The number of aliphatic hydroxyl groups is 1. The normalized spacial score (nSPS) is 27.4. The summed E-state index contributed by atoms with van der Waals surface area (Å²) < 4.78 is 4.94. The van der Waals surface area contributed by atoms with Crippen molar-refractivity contribution < 1.29 is 9.84 Å². The van der Waals surface area contributed by atoms with Crippen LogP contribution in [0, 0.1) is 35.5 Å². The first-order valence-corrected chi connectivity index (χ1v) is 16.6. The van der Waals surface area contributed by atoms with E-state index in [1.54, 1.807) is 24.8 Å². The van der Waals surface area contributed by atoms with Gasteiger partial charge >= 0.3 is 0 Å². The Kier molecular flexibility index (Phi) is 11.7. The van der Waals surface area contributed by atoms with Gasteiger partial charge in [-0.15, -0.1) is 6.58 Å². The molecule has 230 valence electrons. The van der Waals surface area contributed by atoms with Gasteiger partial charge in [0.1, 0.15) is 0 Å². The summed E-state index contributed by atoms with van der Waals surface area (Å²) in [6, 6.07) is 0. The van der Waals surface area contributed by atoms with Crippen LogP contribution in [0.15, 0.2) is 37.4 Å². The van der Waals surface area contributed by atoms with Crippen LogP contribution in [0.2, 0.25) is 10.0 Å². The Balaban J connectivity index is 0.000000144. The minimum absolute atomic E-state index is 0.346. The highest BCUT2D eigenvalue weighted by Gasteiger charge is 2.43. The van der Waals surface area contributed by atoms with Crippen LogP contribution in [0.3, 0.4) is 0 Å². The van der Waals surface area contributed by atoms with Gasteiger partial charge in [-0.25, -0.2) is 19.9 Å². The van der Waals surface area contributed by atoms with E-state index in [2.05, 4.69) is 42.4 Å². The largest absolute Gasteiger partial charge is 0.396 e. The number of rotatable bonds is 7. The smallest absolute Gasteiger partial charge is 0.225 e. The van der Waals surface area contributed by atoms with Crippen LogP contribution in [-0.4, -0.2) is 71.0 Å². The standard InChI is InChI=1S/C14H20ClN3O.C14H18ClN3.C4H8O/c15-12-8-16-14(17-9-12)18-4-1-10(2-5-18)13-7-11(13)3-6-19;1-2-10-7-13(10)11-3-5-18(6-4-11)14-16-8-12(15)9-17-14;1-2-4-5-3-1/h8-11,13,19H,1-7H2;2,8-11,13H,1,3-7H2;1-4H2/t11-,13-;10-,13+;/m11./s1. The van der Waals surface area contributed by atoms with Gasteiger partial charge in [0.15, 0.2) is 0 Å². The molecule has 0 amide bonds. The second kappa shape index (κ2) is 15.6. The zero-order chi connectivity index (χ0) is 29.3. The third kappa shape index (κ3) is 9.01. The first kappa shape index (κ1) is 31.4. The third-order valence-electron chi connectivity index (χ3n) is 9.57. The lowest BCUT2D eigenvalue weighted by Crippen LogP contribution is -2.35. The lowest BCUT2D eigenvalue weighted by atomic mass is 9.90. The summed E-state index contributed by atoms with van der Waals surface area (Å²) in [5, 5.41) is 10.2. The molecule has 0 spiro atoms. The lowest BCUT2D eigenvalue weighted by molar-refractivity contribution is 0.198. The van der Waals surface area contributed by atoms with E-state index in [0.717, 1.165) is 93.2 Å². The second-order valence-corrected chi connectivity index (χ2v) is 13.2. The maximum Gasteiger partial charge on any atom is 0.225 e. The number of ether oxygens (including phenoxy) is 1. The van der Waals surface area contributed by atoms with Crippen LogP contribution in [0.25, 0.3) is 0 Å². The third-order valence-corrected chi connectivity index (χ3v) is 9.96. The second-order valence-electron chi connectivity index (χ2n) is 12.3. The van der Waals surface area contributed by atoms with Gasteiger partial charge in [-0.1, -0.05) is 29.3 Å². The van der Waals surface area contributed by atoms with Gasteiger partial charge in [0.05, 0.1) is 34.8 Å². The van der Waals surface area contributed by atoms with Crippen LogP contribution < -0.4 is 9.80 Å². The Morgan fingerprint density at radius 3 is 1.64 bits per heavy atom. The van der Waals surface area contributed by atoms with E-state index >= 15 is 0 Å². The van der Waals surface area contributed by atoms with Crippen LogP contribution >= 0.6 is 23.2 Å². The summed E-state index contributed by atoms with van der Waals surface area (Å²) in [5.74, 6) is 6.65. The molecule has 4 atom stereocenters. The predicted octanol–water partition coefficient (Wildman–Crippen LogP) is 6.33. The molecule has 5 aliphatic rings. The van der Waals surface area contributed by atoms with E-state index in [9.17, 15) is 0 Å². The maximum atomic E-state index is 8.97. The summed E-state index contributed by atoms with van der Waals surface area (Å²) in [4.78, 5) is 21.6. The molecule has 0 bridgehead atoms.